The highest BCUT2D eigenvalue weighted by atomic mass is 16.7. The van der Waals surface area contributed by atoms with Crippen LogP contribution < -0.4 is 0 Å². The molecule has 134 valence electrons. The number of fused-ring (bicyclic) bond motifs is 1. The van der Waals surface area contributed by atoms with Crippen LogP contribution in [0, 0.1) is 34.0 Å². The number of hydrogen-bond acceptors (Lipinski definition) is 5. The summed E-state index contributed by atoms with van der Waals surface area (Å²) in [5.74, 6) is 0.0367. The van der Waals surface area contributed by atoms with E-state index in [-0.39, 0.29) is 52.7 Å². The minimum Gasteiger partial charge on any atom is -0.461 e. The molecule has 0 radical (unpaired) electrons. The second-order valence-electron chi connectivity index (χ2n) is 9.52. The second-order valence-corrected chi connectivity index (χ2v) is 9.52. The summed E-state index contributed by atoms with van der Waals surface area (Å²) in [6, 6.07) is 0. The standard InChI is InChI=1S/C20H24O5/c1-10-11-3-4-12-19(7-11,15(10)21)17(22)25-13-5-6-18(2)8-23-16-14(18)20(12,13)9-24-16/h11-14,16H,1,3-9H2,2H3/t11-,12?,13+,14?,16+,18-,19-,20+/m1/s1. The van der Waals surface area contributed by atoms with E-state index in [0.29, 0.717) is 25.2 Å². The summed E-state index contributed by atoms with van der Waals surface area (Å²) in [6.07, 6.45) is 3.93. The molecule has 0 aromatic heterocycles. The van der Waals surface area contributed by atoms with Crippen molar-refractivity contribution in [2.45, 2.75) is 51.4 Å². The summed E-state index contributed by atoms with van der Waals surface area (Å²) in [7, 11) is 0. The van der Waals surface area contributed by atoms with E-state index in [1.54, 1.807) is 0 Å². The summed E-state index contributed by atoms with van der Waals surface area (Å²) >= 11 is 0. The topological polar surface area (TPSA) is 61.8 Å². The van der Waals surface area contributed by atoms with E-state index in [2.05, 4.69) is 13.5 Å². The van der Waals surface area contributed by atoms with Crippen LogP contribution in [0.4, 0.5) is 0 Å². The van der Waals surface area contributed by atoms with Crippen molar-refractivity contribution >= 4 is 11.8 Å². The van der Waals surface area contributed by atoms with Crippen LogP contribution in [-0.2, 0) is 23.8 Å². The maximum absolute atomic E-state index is 13.2. The Morgan fingerprint density at radius 1 is 1.12 bits per heavy atom. The molecule has 6 rings (SSSR count). The Labute approximate surface area is 147 Å². The Morgan fingerprint density at radius 2 is 1.92 bits per heavy atom. The number of ketones is 1. The first-order chi connectivity index (χ1) is 11.9. The van der Waals surface area contributed by atoms with Crippen molar-refractivity contribution in [2.24, 2.45) is 34.0 Å². The normalized spacial score (nSPS) is 58.6. The van der Waals surface area contributed by atoms with Crippen molar-refractivity contribution in [1.29, 1.82) is 0 Å². The van der Waals surface area contributed by atoms with E-state index in [0.717, 1.165) is 25.7 Å². The van der Waals surface area contributed by atoms with Gasteiger partial charge in [0.2, 0.25) is 0 Å². The Hall–Kier alpha value is -1.20. The molecular formula is C20H24O5. The summed E-state index contributed by atoms with van der Waals surface area (Å²) in [5, 5.41) is 0. The molecule has 25 heavy (non-hydrogen) atoms. The second kappa shape index (κ2) is 4.20. The van der Waals surface area contributed by atoms with Gasteiger partial charge in [0.1, 0.15) is 11.5 Å². The number of esters is 1. The van der Waals surface area contributed by atoms with E-state index in [1.807, 2.05) is 0 Å². The highest BCUT2D eigenvalue weighted by molar-refractivity contribution is 6.15. The quantitative estimate of drug-likeness (QED) is 0.383. The first kappa shape index (κ1) is 14.9. The molecule has 0 amide bonds. The van der Waals surface area contributed by atoms with Crippen LogP contribution in [0.15, 0.2) is 12.2 Å². The number of Topliss-reactive ketones (excluding diaryl/α,β-unsaturated/α-hetero) is 1. The molecule has 2 spiro atoms. The summed E-state index contributed by atoms with van der Waals surface area (Å²) in [6.45, 7) is 7.56. The summed E-state index contributed by atoms with van der Waals surface area (Å²) in [5.41, 5.74) is -0.577. The molecular weight excluding hydrogens is 320 g/mol. The van der Waals surface area contributed by atoms with Crippen LogP contribution in [0.3, 0.4) is 0 Å². The maximum Gasteiger partial charge on any atom is 0.320 e. The number of carbonyl (C=O) groups excluding carboxylic acids is 2. The van der Waals surface area contributed by atoms with E-state index in [1.165, 1.54) is 0 Å². The third kappa shape index (κ3) is 1.37. The highest BCUT2D eigenvalue weighted by Gasteiger charge is 2.79. The Kier molecular flexibility index (Phi) is 2.51. The van der Waals surface area contributed by atoms with Gasteiger partial charge in [0.15, 0.2) is 12.1 Å². The molecule has 5 heteroatoms. The Balaban J connectivity index is 1.57. The average molecular weight is 344 g/mol. The van der Waals surface area contributed by atoms with Crippen molar-refractivity contribution in [3.05, 3.63) is 12.2 Å². The molecule has 0 N–H and O–H groups in total. The predicted octanol–water partition coefficient (Wildman–Crippen LogP) is 2.24. The number of rotatable bonds is 0. The zero-order valence-electron chi connectivity index (χ0n) is 14.6. The molecule has 3 saturated carbocycles. The molecule has 6 fully saturated rings. The third-order valence-electron chi connectivity index (χ3n) is 8.67. The van der Waals surface area contributed by atoms with Gasteiger partial charge in [0, 0.05) is 11.3 Å². The zero-order valence-corrected chi connectivity index (χ0v) is 14.6. The van der Waals surface area contributed by atoms with Crippen molar-refractivity contribution in [1.82, 2.24) is 0 Å². The van der Waals surface area contributed by atoms with E-state index in [9.17, 15) is 9.59 Å². The number of allylic oxidation sites excluding steroid dienone is 1. The fourth-order valence-electron chi connectivity index (χ4n) is 7.66. The fourth-order valence-corrected chi connectivity index (χ4v) is 7.66. The van der Waals surface area contributed by atoms with Gasteiger partial charge in [-0.25, -0.2) is 0 Å². The molecule has 2 bridgehead atoms. The van der Waals surface area contributed by atoms with Crippen LogP contribution in [-0.4, -0.2) is 37.4 Å². The first-order valence-corrected chi connectivity index (χ1v) is 9.61. The van der Waals surface area contributed by atoms with Gasteiger partial charge in [-0.15, -0.1) is 0 Å². The molecule has 3 aliphatic heterocycles. The minimum absolute atomic E-state index is 0.00516. The van der Waals surface area contributed by atoms with E-state index >= 15 is 0 Å². The third-order valence-corrected chi connectivity index (χ3v) is 8.67. The predicted molar refractivity (Wildman–Crippen MR) is 86.2 cm³/mol. The highest BCUT2D eigenvalue weighted by Crippen LogP contribution is 2.72. The zero-order chi connectivity index (χ0) is 17.2. The molecule has 3 saturated heterocycles. The van der Waals surface area contributed by atoms with Gasteiger partial charge in [-0.3, -0.25) is 9.59 Å². The molecule has 8 atom stereocenters. The van der Waals surface area contributed by atoms with Gasteiger partial charge in [-0.05, 0) is 54.9 Å². The Bertz CT molecular complexity index is 730. The lowest BCUT2D eigenvalue weighted by Crippen LogP contribution is -2.67. The van der Waals surface area contributed by atoms with Gasteiger partial charge in [0.05, 0.1) is 13.2 Å². The lowest BCUT2D eigenvalue weighted by atomic mass is 9.44. The largest absolute Gasteiger partial charge is 0.461 e. The van der Waals surface area contributed by atoms with Crippen LogP contribution in [0.1, 0.15) is 39.0 Å². The molecule has 0 aromatic rings. The van der Waals surface area contributed by atoms with Gasteiger partial charge in [0.25, 0.3) is 0 Å². The number of carbonyl (C=O) groups is 2. The molecule has 0 aromatic carbocycles. The van der Waals surface area contributed by atoms with E-state index in [4.69, 9.17) is 14.2 Å². The maximum atomic E-state index is 13.2. The number of ether oxygens (including phenoxy) is 3. The fraction of sp³-hybridized carbons (Fsp3) is 0.800. The Morgan fingerprint density at radius 3 is 2.76 bits per heavy atom. The average Bonchev–Trinajstić information content (AvgIpc) is 3.22. The van der Waals surface area contributed by atoms with Crippen molar-refractivity contribution in [2.75, 3.05) is 13.2 Å². The van der Waals surface area contributed by atoms with Crippen molar-refractivity contribution < 1.29 is 23.8 Å². The van der Waals surface area contributed by atoms with Gasteiger partial charge < -0.3 is 14.2 Å². The first-order valence-electron chi connectivity index (χ1n) is 9.61. The van der Waals surface area contributed by atoms with Crippen LogP contribution in [0.2, 0.25) is 0 Å². The summed E-state index contributed by atoms with van der Waals surface area (Å²) in [4.78, 5) is 26.3. The molecule has 6 aliphatic rings. The SMILES string of the molecule is C=C1C(=O)[C@@]23C[C@H]1CCC2[C@@]12CO[C@@H]4OC[C@@](C)(CC[C@@H]1OC3=O)C42. The lowest BCUT2D eigenvalue weighted by molar-refractivity contribution is -0.230. The monoisotopic (exact) mass is 344 g/mol. The molecule has 2 unspecified atom stereocenters. The smallest absolute Gasteiger partial charge is 0.320 e. The lowest BCUT2D eigenvalue weighted by Gasteiger charge is -2.60. The molecule has 5 nitrogen and oxygen atoms in total. The van der Waals surface area contributed by atoms with Gasteiger partial charge in [-0.1, -0.05) is 13.5 Å². The molecule has 3 aliphatic carbocycles. The van der Waals surface area contributed by atoms with Crippen molar-refractivity contribution in [3.63, 3.8) is 0 Å². The van der Waals surface area contributed by atoms with Crippen LogP contribution >= 0.6 is 0 Å². The summed E-state index contributed by atoms with van der Waals surface area (Å²) < 4.78 is 18.2. The van der Waals surface area contributed by atoms with Gasteiger partial charge in [-0.2, -0.15) is 0 Å². The van der Waals surface area contributed by atoms with Crippen molar-refractivity contribution in [3.8, 4) is 0 Å². The number of hydrogen-bond donors (Lipinski definition) is 0. The molecule has 3 heterocycles. The van der Waals surface area contributed by atoms with E-state index < -0.39 is 5.41 Å². The van der Waals surface area contributed by atoms with Crippen LogP contribution in [0.25, 0.3) is 0 Å². The minimum atomic E-state index is -1.00. The van der Waals surface area contributed by atoms with Gasteiger partial charge >= 0.3 is 5.97 Å². The van der Waals surface area contributed by atoms with Crippen LogP contribution in [0.5, 0.6) is 0 Å².